The van der Waals surface area contributed by atoms with Crippen LogP contribution in [0, 0.1) is 16.7 Å². The van der Waals surface area contributed by atoms with Crippen molar-refractivity contribution in [3.8, 4) is 6.07 Å². The molecule has 2 heterocycles. The summed E-state index contributed by atoms with van der Waals surface area (Å²) in [6, 6.07) is 2.65. The van der Waals surface area contributed by atoms with Crippen LogP contribution in [0.5, 0.6) is 0 Å². The molecule has 0 aromatic carbocycles. The fourth-order valence-corrected chi connectivity index (χ4v) is 4.50. The minimum absolute atomic E-state index is 0.174. The fraction of sp³-hybridized carbons (Fsp3) is 0.923. The van der Waals surface area contributed by atoms with Gasteiger partial charge < -0.3 is 0 Å². The Balaban J connectivity index is 2.15. The van der Waals surface area contributed by atoms with Crippen LogP contribution in [0.1, 0.15) is 39.5 Å². The van der Waals surface area contributed by atoms with Gasteiger partial charge >= 0.3 is 0 Å². The molecule has 0 aromatic rings. The van der Waals surface area contributed by atoms with Crippen LogP contribution < -0.4 is 0 Å². The van der Waals surface area contributed by atoms with Crippen LogP contribution in [0.15, 0.2) is 0 Å². The zero-order chi connectivity index (χ0) is 11.6. The van der Waals surface area contributed by atoms with E-state index < -0.39 is 0 Å². The number of likely N-dealkylation sites (tertiary alicyclic amines) is 1. The van der Waals surface area contributed by atoms with Gasteiger partial charge in [0.2, 0.25) is 0 Å². The minimum Gasteiger partial charge on any atom is -0.285 e. The van der Waals surface area contributed by atoms with Crippen molar-refractivity contribution >= 4 is 11.8 Å². The molecule has 0 amide bonds. The van der Waals surface area contributed by atoms with Gasteiger partial charge in [-0.2, -0.15) is 17.0 Å². The van der Waals surface area contributed by atoms with E-state index in [4.69, 9.17) is 0 Å². The van der Waals surface area contributed by atoms with Gasteiger partial charge in [-0.25, -0.2) is 0 Å². The lowest BCUT2D eigenvalue weighted by atomic mass is 9.79. The summed E-state index contributed by atoms with van der Waals surface area (Å²) < 4.78 is 0. The maximum absolute atomic E-state index is 9.62. The first-order valence-corrected chi connectivity index (χ1v) is 7.48. The Hall–Kier alpha value is -0.200. The molecule has 0 radical (unpaired) electrons. The molecule has 0 N–H and O–H groups in total. The first kappa shape index (κ1) is 12.3. The number of hydrogen-bond donors (Lipinski definition) is 0. The molecule has 0 aromatic heterocycles. The molecule has 2 saturated heterocycles. The molecule has 0 bridgehead atoms. The van der Waals surface area contributed by atoms with Crippen molar-refractivity contribution in [3.05, 3.63) is 0 Å². The summed E-state index contributed by atoms with van der Waals surface area (Å²) in [5.41, 5.74) is 0.142. The topological polar surface area (TPSA) is 27.0 Å². The molecule has 1 atom stereocenters. The monoisotopic (exact) mass is 238 g/mol. The second kappa shape index (κ2) is 4.58. The molecule has 0 spiro atoms. The Labute approximate surface area is 103 Å². The van der Waals surface area contributed by atoms with Crippen LogP contribution >= 0.6 is 11.8 Å². The summed E-state index contributed by atoms with van der Waals surface area (Å²) in [7, 11) is 0. The Morgan fingerprint density at radius 3 is 2.38 bits per heavy atom. The number of hydrogen-bond acceptors (Lipinski definition) is 3. The maximum atomic E-state index is 9.62. The maximum Gasteiger partial charge on any atom is 0.118 e. The number of piperidine rings is 1. The lowest BCUT2D eigenvalue weighted by Crippen LogP contribution is -2.56. The second-order valence-electron chi connectivity index (χ2n) is 6.02. The predicted octanol–water partition coefficient (Wildman–Crippen LogP) is 2.90. The molecule has 90 valence electrons. The van der Waals surface area contributed by atoms with Crippen molar-refractivity contribution in [2.75, 3.05) is 24.6 Å². The summed E-state index contributed by atoms with van der Waals surface area (Å²) >= 11 is 1.96. The third-order valence-electron chi connectivity index (χ3n) is 3.77. The van der Waals surface area contributed by atoms with E-state index in [1.165, 1.54) is 25.0 Å². The summed E-state index contributed by atoms with van der Waals surface area (Å²) in [6.07, 6.45) is 4.93. The largest absolute Gasteiger partial charge is 0.285 e. The molecule has 2 rings (SSSR count). The normalized spacial score (nSPS) is 35.6. The molecule has 3 heteroatoms. The van der Waals surface area contributed by atoms with Crippen LogP contribution in [-0.2, 0) is 0 Å². The molecular weight excluding hydrogens is 216 g/mol. The van der Waals surface area contributed by atoms with E-state index in [2.05, 4.69) is 24.8 Å². The van der Waals surface area contributed by atoms with Gasteiger partial charge in [0.25, 0.3) is 0 Å². The van der Waals surface area contributed by atoms with Gasteiger partial charge in [-0.05, 0) is 43.5 Å². The summed E-state index contributed by atoms with van der Waals surface area (Å²) in [6.45, 7) is 6.86. The second-order valence-corrected chi connectivity index (χ2v) is 7.01. The Bertz CT molecular complexity index is 289. The zero-order valence-corrected chi connectivity index (χ0v) is 11.3. The van der Waals surface area contributed by atoms with Crippen LogP contribution in [0.25, 0.3) is 0 Å². The summed E-state index contributed by atoms with van der Waals surface area (Å²) in [5, 5.41) is 9.62. The van der Waals surface area contributed by atoms with Crippen molar-refractivity contribution < 1.29 is 0 Å². The molecule has 1 unspecified atom stereocenters. The van der Waals surface area contributed by atoms with Crippen molar-refractivity contribution in [1.29, 1.82) is 5.26 Å². The molecule has 2 nitrogen and oxygen atoms in total. The van der Waals surface area contributed by atoms with Gasteiger partial charge in [0.15, 0.2) is 0 Å². The molecule has 2 aliphatic heterocycles. The Morgan fingerprint density at radius 2 is 1.81 bits per heavy atom. The van der Waals surface area contributed by atoms with Gasteiger partial charge in [0.05, 0.1) is 6.07 Å². The molecule has 0 saturated carbocycles. The van der Waals surface area contributed by atoms with Crippen molar-refractivity contribution in [2.24, 2.45) is 5.41 Å². The van der Waals surface area contributed by atoms with Crippen molar-refractivity contribution in [3.63, 3.8) is 0 Å². The summed E-state index contributed by atoms with van der Waals surface area (Å²) in [5.74, 6) is 2.21. The van der Waals surface area contributed by atoms with Gasteiger partial charge in [-0.15, -0.1) is 0 Å². The number of thioether (sulfide) groups is 1. The first-order chi connectivity index (χ1) is 7.58. The number of nitrogens with zero attached hydrogens (tertiary/aromatic N) is 2. The Morgan fingerprint density at radius 1 is 1.12 bits per heavy atom. The number of nitriles is 1. The van der Waals surface area contributed by atoms with Gasteiger partial charge in [0, 0.05) is 5.75 Å². The van der Waals surface area contributed by atoms with E-state index in [0.717, 1.165) is 25.3 Å². The van der Waals surface area contributed by atoms with E-state index in [1.54, 1.807) is 0 Å². The van der Waals surface area contributed by atoms with Crippen LogP contribution in [0.2, 0.25) is 0 Å². The predicted molar refractivity (Wildman–Crippen MR) is 69.5 cm³/mol. The van der Waals surface area contributed by atoms with E-state index in [1.807, 2.05) is 11.8 Å². The highest BCUT2D eigenvalue weighted by Gasteiger charge is 2.45. The highest BCUT2D eigenvalue weighted by Crippen LogP contribution is 2.42. The van der Waals surface area contributed by atoms with E-state index in [9.17, 15) is 5.26 Å². The fourth-order valence-electron chi connectivity index (χ4n) is 3.06. The van der Waals surface area contributed by atoms with Crippen LogP contribution in [0.3, 0.4) is 0 Å². The van der Waals surface area contributed by atoms with E-state index in [0.29, 0.717) is 5.41 Å². The molecule has 2 fully saturated rings. The molecular formula is C13H22N2S. The quantitative estimate of drug-likeness (QED) is 0.703. The molecule has 0 aliphatic carbocycles. The lowest BCUT2D eigenvalue weighted by molar-refractivity contribution is 0.0866. The average molecular weight is 238 g/mol. The number of rotatable bonds is 1. The smallest absolute Gasteiger partial charge is 0.118 e. The minimum atomic E-state index is -0.174. The highest BCUT2D eigenvalue weighted by atomic mass is 32.2. The SMILES string of the molecule is CC1(C)CSCC(C#N)(N2CCCCC2)C1. The highest BCUT2D eigenvalue weighted by molar-refractivity contribution is 7.99. The van der Waals surface area contributed by atoms with Crippen molar-refractivity contribution in [2.45, 2.75) is 45.1 Å². The average Bonchev–Trinajstić information content (AvgIpc) is 2.29. The zero-order valence-electron chi connectivity index (χ0n) is 10.5. The third kappa shape index (κ3) is 2.38. The van der Waals surface area contributed by atoms with Crippen LogP contribution in [0.4, 0.5) is 0 Å². The lowest BCUT2D eigenvalue weighted by Gasteiger charge is -2.47. The summed E-state index contributed by atoms with van der Waals surface area (Å²) in [4.78, 5) is 2.46. The first-order valence-electron chi connectivity index (χ1n) is 6.32. The Kier molecular flexibility index (Phi) is 3.51. The van der Waals surface area contributed by atoms with Gasteiger partial charge in [0.1, 0.15) is 5.54 Å². The van der Waals surface area contributed by atoms with E-state index in [-0.39, 0.29) is 5.54 Å². The third-order valence-corrected chi connectivity index (χ3v) is 5.44. The van der Waals surface area contributed by atoms with E-state index >= 15 is 0 Å². The van der Waals surface area contributed by atoms with Gasteiger partial charge in [-0.3, -0.25) is 4.90 Å². The van der Waals surface area contributed by atoms with Crippen molar-refractivity contribution in [1.82, 2.24) is 4.90 Å². The van der Waals surface area contributed by atoms with Crippen LogP contribution in [-0.4, -0.2) is 35.0 Å². The van der Waals surface area contributed by atoms with Gasteiger partial charge in [-0.1, -0.05) is 20.3 Å². The molecule has 16 heavy (non-hydrogen) atoms. The molecule has 2 aliphatic rings. The standard InChI is InChI=1S/C13H22N2S/c1-12(2)8-13(9-14,11-16-10-12)15-6-4-3-5-7-15/h3-8,10-11H2,1-2H3.